The van der Waals surface area contributed by atoms with Gasteiger partial charge in [-0.05, 0) is 18.3 Å². The van der Waals surface area contributed by atoms with Crippen LogP contribution >= 0.6 is 11.6 Å². The molecule has 5 heteroatoms. The van der Waals surface area contributed by atoms with Crippen molar-refractivity contribution < 1.29 is 4.79 Å². The van der Waals surface area contributed by atoms with Crippen LogP contribution in [0.2, 0.25) is 5.02 Å². The molecule has 0 N–H and O–H groups in total. The van der Waals surface area contributed by atoms with E-state index in [9.17, 15) is 4.79 Å². The SMILES string of the molecule is CC(C)c1ncc(Cl)c(C(=O)N2C[C@@H](C)C[C@H](C)C2)n1. The zero-order valence-electron chi connectivity index (χ0n) is 12.6. The molecular weight excluding hydrogens is 274 g/mol. The first-order chi connectivity index (χ1) is 9.38. The smallest absolute Gasteiger partial charge is 0.274 e. The lowest BCUT2D eigenvalue weighted by Crippen LogP contribution is -2.43. The lowest BCUT2D eigenvalue weighted by molar-refractivity contribution is 0.0617. The molecule has 1 aromatic heterocycles. The maximum absolute atomic E-state index is 12.6. The van der Waals surface area contributed by atoms with E-state index in [1.807, 2.05) is 18.7 Å². The van der Waals surface area contributed by atoms with Gasteiger partial charge in [0, 0.05) is 19.0 Å². The number of rotatable bonds is 2. The fraction of sp³-hybridized carbons (Fsp3) is 0.667. The topological polar surface area (TPSA) is 46.1 Å². The summed E-state index contributed by atoms with van der Waals surface area (Å²) in [7, 11) is 0. The highest BCUT2D eigenvalue weighted by Crippen LogP contribution is 2.24. The first-order valence-corrected chi connectivity index (χ1v) is 7.58. The number of likely N-dealkylation sites (tertiary alicyclic amines) is 1. The lowest BCUT2D eigenvalue weighted by Gasteiger charge is -2.34. The van der Waals surface area contributed by atoms with Gasteiger partial charge in [-0.25, -0.2) is 9.97 Å². The number of halogens is 1. The van der Waals surface area contributed by atoms with Crippen LogP contribution in [0.5, 0.6) is 0 Å². The van der Waals surface area contributed by atoms with Crippen LogP contribution in [-0.2, 0) is 0 Å². The normalized spacial score (nSPS) is 23.2. The molecule has 2 heterocycles. The summed E-state index contributed by atoms with van der Waals surface area (Å²) in [5, 5.41) is 0.338. The molecule has 0 spiro atoms. The monoisotopic (exact) mass is 295 g/mol. The van der Waals surface area contributed by atoms with Gasteiger partial charge >= 0.3 is 0 Å². The van der Waals surface area contributed by atoms with Gasteiger partial charge in [0.1, 0.15) is 5.82 Å². The number of nitrogens with zero attached hydrogens (tertiary/aromatic N) is 3. The van der Waals surface area contributed by atoms with Crippen molar-refractivity contribution in [1.29, 1.82) is 0 Å². The summed E-state index contributed by atoms with van der Waals surface area (Å²) >= 11 is 6.12. The number of hydrogen-bond acceptors (Lipinski definition) is 3. The summed E-state index contributed by atoms with van der Waals surface area (Å²) < 4.78 is 0. The van der Waals surface area contributed by atoms with E-state index in [1.54, 1.807) is 0 Å². The Hall–Kier alpha value is -1.16. The Balaban J connectivity index is 2.26. The van der Waals surface area contributed by atoms with E-state index in [1.165, 1.54) is 12.6 Å². The molecule has 1 fully saturated rings. The molecule has 1 aliphatic rings. The minimum absolute atomic E-state index is 0.0716. The van der Waals surface area contributed by atoms with E-state index in [2.05, 4.69) is 23.8 Å². The van der Waals surface area contributed by atoms with Crippen molar-refractivity contribution in [1.82, 2.24) is 14.9 Å². The largest absolute Gasteiger partial charge is 0.337 e. The molecule has 1 amide bonds. The number of carbonyl (C=O) groups excluding carboxylic acids is 1. The molecule has 4 nitrogen and oxygen atoms in total. The first-order valence-electron chi connectivity index (χ1n) is 7.20. The average molecular weight is 296 g/mol. The predicted molar refractivity (Wildman–Crippen MR) is 80.0 cm³/mol. The van der Waals surface area contributed by atoms with Crippen LogP contribution in [0.3, 0.4) is 0 Å². The van der Waals surface area contributed by atoms with Gasteiger partial charge in [-0.15, -0.1) is 0 Å². The molecule has 1 aliphatic heterocycles. The van der Waals surface area contributed by atoms with Crippen LogP contribution in [0.15, 0.2) is 6.20 Å². The van der Waals surface area contributed by atoms with Gasteiger partial charge in [0.2, 0.25) is 0 Å². The van der Waals surface area contributed by atoms with Crippen LogP contribution in [0.1, 0.15) is 56.3 Å². The summed E-state index contributed by atoms with van der Waals surface area (Å²) in [6.07, 6.45) is 2.70. The first kappa shape index (κ1) is 15.2. The Morgan fingerprint density at radius 3 is 2.50 bits per heavy atom. The molecule has 0 aliphatic carbocycles. The third-order valence-corrected chi connectivity index (χ3v) is 3.91. The lowest BCUT2D eigenvalue weighted by atomic mass is 9.92. The molecule has 0 aromatic carbocycles. The summed E-state index contributed by atoms with van der Waals surface area (Å²) in [4.78, 5) is 23.1. The van der Waals surface area contributed by atoms with Crippen molar-refractivity contribution in [2.45, 2.75) is 40.0 Å². The number of hydrogen-bond donors (Lipinski definition) is 0. The van der Waals surface area contributed by atoms with E-state index >= 15 is 0 Å². The molecule has 0 bridgehead atoms. The molecule has 110 valence electrons. The summed E-state index contributed by atoms with van der Waals surface area (Å²) in [6, 6.07) is 0. The van der Waals surface area contributed by atoms with Gasteiger partial charge in [-0.2, -0.15) is 0 Å². The number of piperidine rings is 1. The second-order valence-corrected chi connectivity index (χ2v) is 6.64. The number of amides is 1. The summed E-state index contributed by atoms with van der Waals surface area (Å²) in [6.45, 7) is 9.92. The third-order valence-electron chi connectivity index (χ3n) is 3.64. The van der Waals surface area contributed by atoms with Gasteiger partial charge in [-0.1, -0.05) is 39.3 Å². The van der Waals surface area contributed by atoms with Crippen molar-refractivity contribution >= 4 is 17.5 Å². The molecule has 20 heavy (non-hydrogen) atoms. The highest BCUT2D eigenvalue weighted by molar-refractivity contribution is 6.33. The van der Waals surface area contributed by atoms with E-state index in [-0.39, 0.29) is 11.8 Å². The van der Waals surface area contributed by atoms with Gasteiger partial charge in [0.15, 0.2) is 5.69 Å². The van der Waals surface area contributed by atoms with E-state index in [0.717, 1.165) is 13.1 Å². The second-order valence-electron chi connectivity index (χ2n) is 6.24. The minimum atomic E-state index is -0.0716. The maximum atomic E-state index is 12.6. The fourth-order valence-corrected chi connectivity index (χ4v) is 2.96. The molecule has 1 saturated heterocycles. The number of aromatic nitrogens is 2. The predicted octanol–water partition coefficient (Wildman–Crippen LogP) is 3.37. The Morgan fingerprint density at radius 2 is 1.95 bits per heavy atom. The fourth-order valence-electron chi connectivity index (χ4n) is 2.79. The molecule has 2 rings (SSSR count). The molecule has 1 aromatic rings. The summed E-state index contributed by atoms with van der Waals surface area (Å²) in [5.74, 6) is 1.81. The molecule has 0 radical (unpaired) electrons. The van der Waals surface area contributed by atoms with Crippen LogP contribution in [0.25, 0.3) is 0 Å². The molecule has 2 atom stereocenters. The van der Waals surface area contributed by atoms with Gasteiger partial charge in [0.05, 0.1) is 11.2 Å². The molecular formula is C15H22ClN3O. The quantitative estimate of drug-likeness (QED) is 0.840. The molecule has 0 saturated carbocycles. The van der Waals surface area contributed by atoms with Crippen LogP contribution in [0.4, 0.5) is 0 Å². The van der Waals surface area contributed by atoms with Crippen molar-refractivity contribution in [2.24, 2.45) is 11.8 Å². The second kappa shape index (κ2) is 6.08. The van der Waals surface area contributed by atoms with Gasteiger partial charge in [-0.3, -0.25) is 4.79 Å². The van der Waals surface area contributed by atoms with E-state index in [0.29, 0.717) is 28.4 Å². The Bertz CT molecular complexity index is 494. The Labute approximate surface area is 125 Å². The standard InChI is InChI=1S/C15H22ClN3O/c1-9(2)14-17-6-12(16)13(18-14)15(20)19-7-10(3)5-11(4)8-19/h6,9-11H,5,7-8H2,1-4H3/t10-,11-/m0/s1. The molecule has 0 unspecified atom stereocenters. The van der Waals surface area contributed by atoms with Gasteiger partial charge < -0.3 is 4.90 Å². The minimum Gasteiger partial charge on any atom is -0.337 e. The van der Waals surface area contributed by atoms with Crippen molar-refractivity contribution in [2.75, 3.05) is 13.1 Å². The van der Waals surface area contributed by atoms with E-state index < -0.39 is 0 Å². The maximum Gasteiger partial charge on any atom is 0.274 e. The van der Waals surface area contributed by atoms with Crippen molar-refractivity contribution in [3.8, 4) is 0 Å². The third kappa shape index (κ3) is 3.29. The highest BCUT2D eigenvalue weighted by atomic mass is 35.5. The van der Waals surface area contributed by atoms with E-state index in [4.69, 9.17) is 11.6 Å². The summed E-state index contributed by atoms with van der Waals surface area (Å²) in [5.41, 5.74) is 0.340. The highest BCUT2D eigenvalue weighted by Gasteiger charge is 2.28. The van der Waals surface area contributed by atoms with Crippen LogP contribution < -0.4 is 0 Å². The van der Waals surface area contributed by atoms with Crippen molar-refractivity contribution in [3.63, 3.8) is 0 Å². The number of carbonyl (C=O) groups is 1. The zero-order chi connectivity index (χ0) is 14.9. The Morgan fingerprint density at radius 1 is 1.35 bits per heavy atom. The zero-order valence-corrected chi connectivity index (χ0v) is 13.3. The van der Waals surface area contributed by atoms with Gasteiger partial charge in [0.25, 0.3) is 5.91 Å². The van der Waals surface area contributed by atoms with Crippen molar-refractivity contribution in [3.05, 3.63) is 22.7 Å². The average Bonchev–Trinajstić information content (AvgIpc) is 2.37. The van der Waals surface area contributed by atoms with Crippen LogP contribution in [-0.4, -0.2) is 33.9 Å². The van der Waals surface area contributed by atoms with Crippen LogP contribution in [0, 0.1) is 11.8 Å². The Kier molecular flexibility index (Phi) is 4.63.